The summed E-state index contributed by atoms with van der Waals surface area (Å²) in [6, 6.07) is 4.64. The van der Waals surface area contributed by atoms with Crippen LogP contribution >= 0.6 is 0 Å². The van der Waals surface area contributed by atoms with E-state index >= 15 is 0 Å². The van der Waals surface area contributed by atoms with Crippen LogP contribution in [-0.4, -0.2) is 60.3 Å². The number of nitrogens with zero attached hydrogens (tertiary/aromatic N) is 4. The molecule has 0 N–H and O–H groups in total. The van der Waals surface area contributed by atoms with E-state index in [0.717, 1.165) is 49.8 Å². The van der Waals surface area contributed by atoms with Crippen molar-refractivity contribution in [2.75, 3.05) is 44.2 Å². The molecule has 5 heteroatoms. The number of likely N-dealkylation sites (tertiary alicyclic amines) is 1. The van der Waals surface area contributed by atoms with Gasteiger partial charge in [0.05, 0.1) is 17.3 Å². The van der Waals surface area contributed by atoms with Crippen LogP contribution in [0.2, 0.25) is 0 Å². The van der Waals surface area contributed by atoms with Crippen molar-refractivity contribution in [1.82, 2.24) is 14.9 Å². The molecular weight excluding hydrogens is 336 g/mol. The van der Waals surface area contributed by atoms with Gasteiger partial charge in [0, 0.05) is 31.6 Å². The summed E-state index contributed by atoms with van der Waals surface area (Å²) in [5.74, 6) is 0.884. The molecule has 2 aliphatic heterocycles. The van der Waals surface area contributed by atoms with Gasteiger partial charge in [-0.1, -0.05) is 0 Å². The van der Waals surface area contributed by atoms with Crippen LogP contribution < -0.4 is 4.90 Å². The fourth-order valence-corrected chi connectivity index (χ4v) is 4.92. The lowest BCUT2D eigenvalue weighted by Gasteiger charge is -2.27. The first kappa shape index (κ1) is 17.4. The van der Waals surface area contributed by atoms with Crippen molar-refractivity contribution in [2.24, 2.45) is 0 Å². The standard InChI is InChI=1S/C22H30N4O/c1-16-20-12-17-6-4-7-18(17)13-21(20)24-22(23-16)26-10-5-11-27-19(15-26)14-25-8-2-3-9-25/h12-13,19H,2-11,14-15H2,1H3. The fourth-order valence-electron chi connectivity index (χ4n) is 4.92. The third-order valence-corrected chi connectivity index (χ3v) is 6.38. The maximum Gasteiger partial charge on any atom is 0.226 e. The highest BCUT2D eigenvalue weighted by Gasteiger charge is 2.25. The van der Waals surface area contributed by atoms with Crippen molar-refractivity contribution in [3.63, 3.8) is 0 Å². The molecule has 1 aromatic carbocycles. The average molecular weight is 367 g/mol. The quantitative estimate of drug-likeness (QED) is 0.835. The molecule has 0 saturated carbocycles. The molecule has 1 aliphatic carbocycles. The molecule has 3 heterocycles. The monoisotopic (exact) mass is 366 g/mol. The molecule has 1 unspecified atom stereocenters. The van der Waals surface area contributed by atoms with Gasteiger partial charge in [0.15, 0.2) is 0 Å². The summed E-state index contributed by atoms with van der Waals surface area (Å²) < 4.78 is 6.16. The van der Waals surface area contributed by atoms with Gasteiger partial charge < -0.3 is 14.5 Å². The van der Waals surface area contributed by atoms with Gasteiger partial charge in [-0.25, -0.2) is 9.97 Å². The van der Waals surface area contributed by atoms with Gasteiger partial charge in [0.1, 0.15) is 0 Å². The summed E-state index contributed by atoms with van der Waals surface area (Å²) in [5.41, 5.74) is 5.19. The Labute approximate surface area is 161 Å². The van der Waals surface area contributed by atoms with E-state index in [9.17, 15) is 0 Å². The Morgan fingerprint density at radius 1 is 1.00 bits per heavy atom. The van der Waals surface area contributed by atoms with Crippen molar-refractivity contribution in [2.45, 2.75) is 51.6 Å². The zero-order valence-corrected chi connectivity index (χ0v) is 16.4. The minimum Gasteiger partial charge on any atom is -0.375 e. The molecule has 2 aromatic rings. The summed E-state index contributed by atoms with van der Waals surface area (Å²) in [4.78, 5) is 14.8. The van der Waals surface area contributed by atoms with Gasteiger partial charge in [-0.2, -0.15) is 0 Å². The van der Waals surface area contributed by atoms with Crippen LogP contribution in [-0.2, 0) is 17.6 Å². The summed E-state index contributed by atoms with van der Waals surface area (Å²) in [5, 5.41) is 1.22. The topological polar surface area (TPSA) is 41.5 Å². The molecule has 0 radical (unpaired) electrons. The molecule has 5 nitrogen and oxygen atoms in total. The molecule has 3 aliphatic rings. The van der Waals surface area contributed by atoms with Crippen LogP contribution in [0.25, 0.3) is 10.9 Å². The molecule has 0 amide bonds. The highest BCUT2D eigenvalue weighted by Crippen LogP contribution is 2.29. The first-order chi connectivity index (χ1) is 13.3. The minimum absolute atomic E-state index is 0.255. The van der Waals surface area contributed by atoms with Gasteiger partial charge >= 0.3 is 0 Å². The summed E-state index contributed by atoms with van der Waals surface area (Å²) in [7, 11) is 0. The van der Waals surface area contributed by atoms with E-state index < -0.39 is 0 Å². The number of aromatic nitrogens is 2. The molecule has 144 valence electrons. The average Bonchev–Trinajstić information content (AvgIpc) is 3.28. The summed E-state index contributed by atoms with van der Waals surface area (Å²) in [6.07, 6.45) is 7.62. The van der Waals surface area contributed by atoms with E-state index in [4.69, 9.17) is 14.7 Å². The molecule has 27 heavy (non-hydrogen) atoms. The van der Waals surface area contributed by atoms with Crippen LogP contribution in [0.3, 0.4) is 0 Å². The van der Waals surface area contributed by atoms with Gasteiger partial charge in [-0.3, -0.25) is 0 Å². The molecule has 2 saturated heterocycles. The molecule has 1 aromatic heterocycles. The van der Waals surface area contributed by atoms with Crippen LogP contribution in [0.4, 0.5) is 5.95 Å². The Kier molecular flexibility index (Phi) is 4.74. The Morgan fingerprint density at radius 3 is 2.67 bits per heavy atom. The van der Waals surface area contributed by atoms with Gasteiger partial charge in [0.2, 0.25) is 5.95 Å². The summed E-state index contributed by atoms with van der Waals surface area (Å²) in [6.45, 7) is 8.32. The molecule has 0 bridgehead atoms. The number of fused-ring (bicyclic) bond motifs is 2. The number of hydrogen-bond donors (Lipinski definition) is 0. The molecule has 2 fully saturated rings. The van der Waals surface area contributed by atoms with Crippen molar-refractivity contribution < 1.29 is 4.74 Å². The van der Waals surface area contributed by atoms with E-state index in [-0.39, 0.29) is 6.10 Å². The highest BCUT2D eigenvalue weighted by molar-refractivity contribution is 5.84. The lowest BCUT2D eigenvalue weighted by atomic mass is 10.1. The van der Waals surface area contributed by atoms with E-state index in [1.54, 1.807) is 0 Å². The van der Waals surface area contributed by atoms with Gasteiger partial charge in [0.25, 0.3) is 0 Å². The number of rotatable bonds is 3. The molecular formula is C22H30N4O. The van der Waals surface area contributed by atoms with Crippen molar-refractivity contribution in [1.29, 1.82) is 0 Å². The predicted octanol–water partition coefficient (Wildman–Crippen LogP) is 3.12. The third-order valence-electron chi connectivity index (χ3n) is 6.38. The van der Waals surface area contributed by atoms with E-state index in [1.807, 2.05) is 0 Å². The van der Waals surface area contributed by atoms with Crippen molar-refractivity contribution in [3.05, 3.63) is 29.0 Å². The number of benzene rings is 1. The SMILES string of the molecule is Cc1nc(N2CCCOC(CN3CCCC3)C2)nc2cc3c(cc12)CCC3. The van der Waals surface area contributed by atoms with Crippen molar-refractivity contribution >= 4 is 16.9 Å². The van der Waals surface area contributed by atoms with Crippen LogP contribution in [0.1, 0.15) is 42.5 Å². The van der Waals surface area contributed by atoms with E-state index in [0.29, 0.717) is 0 Å². The van der Waals surface area contributed by atoms with Crippen LogP contribution in [0, 0.1) is 6.92 Å². The predicted molar refractivity (Wildman–Crippen MR) is 109 cm³/mol. The fraction of sp³-hybridized carbons (Fsp3) is 0.636. The van der Waals surface area contributed by atoms with E-state index in [1.165, 1.54) is 61.7 Å². The smallest absolute Gasteiger partial charge is 0.226 e. The van der Waals surface area contributed by atoms with Crippen LogP contribution in [0.5, 0.6) is 0 Å². The van der Waals surface area contributed by atoms with Gasteiger partial charge in [-0.05, 0) is 81.8 Å². The zero-order chi connectivity index (χ0) is 18.2. The van der Waals surface area contributed by atoms with Crippen molar-refractivity contribution in [3.8, 4) is 0 Å². The lowest BCUT2D eigenvalue weighted by Crippen LogP contribution is -2.40. The Bertz CT molecular complexity index is 831. The minimum atomic E-state index is 0.255. The Balaban J connectivity index is 1.41. The number of hydrogen-bond acceptors (Lipinski definition) is 5. The van der Waals surface area contributed by atoms with Gasteiger partial charge in [-0.15, -0.1) is 0 Å². The first-order valence-electron chi connectivity index (χ1n) is 10.7. The second kappa shape index (κ2) is 7.36. The second-order valence-corrected chi connectivity index (χ2v) is 8.40. The maximum atomic E-state index is 6.16. The lowest BCUT2D eigenvalue weighted by molar-refractivity contribution is 0.0450. The summed E-state index contributed by atoms with van der Waals surface area (Å²) >= 11 is 0. The largest absolute Gasteiger partial charge is 0.375 e. The highest BCUT2D eigenvalue weighted by atomic mass is 16.5. The zero-order valence-electron chi connectivity index (χ0n) is 16.4. The van der Waals surface area contributed by atoms with Crippen LogP contribution in [0.15, 0.2) is 12.1 Å². The molecule has 1 atom stereocenters. The normalized spacial score (nSPS) is 23.7. The molecule has 5 rings (SSSR count). The van der Waals surface area contributed by atoms with E-state index in [2.05, 4.69) is 28.9 Å². The Hall–Kier alpha value is -1.72. The maximum absolute atomic E-state index is 6.16. The number of aryl methyl sites for hydroxylation is 3. The molecule has 0 spiro atoms. The number of anilines is 1. The second-order valence-electron chi connectivity index (χ2n) is 8.40. The Morgan fingerprint density at radius 2 is 1.81 bits per heavy atom. The first-order valence-corrected chi connectivity index (χ1v) is 10.7. The third kappa shape index (κ3) is 3.55. The number of ether oxygens (including phenoxy) is 1.